The molecule has 0 spiro atoms. The van der Waals surface area contributed by atoms with Crippen LogP contribution in [0.15, 0.2) is 0 Å². The van der Waals surface area contributed by atoms with Crippen LogP contribution in [0.2, 0.25) is 0 Å². The molecule has 0 amide bonds. The Balaban J connectivity index is 0.000000487. The number of rotatable bonds is 0. The molecule has 1 saturated heterocycles. The van der Waals surface area contributed by atoms with Gasteiger partial charge >= 0.3 is 41.5 Å². The van der Waals surface area contributed by atoms with Crippen molar-refractivity contribution in [3.8, 4) is 0 Å². The van der Waals surface area contributed by atoms with Crippen LogP contribution in [-0.4, -0.2) is 75.1 Å². The number of hydrogen-bond donors (Lipinski definition) is 0. The van der Waals surface area contributed by atoms with Gasteiger partial charge in [-0.1, -0.05) is 0 Å². The molecule has 1 aliphatic rings. The Morgan fingerprint density at radius 2 is 0.750 bits per heavy atom. The topological polar surface area (TPSA) is 9.72 Å². The summed E-state index contributed by atoms with van der Waals surface area (Å²) in [6, 6.07) is 0. The van der Waals surface area contributed by atoms with E-state index in [-0.39, 0.29) is 0 Å². The first kappa shape index (κ1) is 17.3. The van der Waals surface area contributed by atoms with Gasteiger partial charge in [0, 0.05) is 39.3 Å². The van der Waals surface area contributed by atoms with Crippen molar-refractivity contribution in [2.75, 3.05) is 60.4 Å². The fourth-order valence-corrected chi connectivity index (χ4v) is 1.36. The van der Waals surface area contributed by atoms with Crippen molar-refractivity contribution in [3.05, 3.63) is 0 Å². The minimum absolute atomic E-state index is 1.20. The Labute approximate surface area is 116 Å². The summed E-state index contributed by atoms with van der Waals surface area (Å²) in [7, 11) is 21.3. The second kappa shape index (κ2) is 10.2. The average molecular weight is 333 g/mol. The molecule has 0 aromatic rings. The van der Waals surface area contributed by atoms with Gasteiger partial charge in [0.1, 0.15) is 0 Å². The van der Waals surface area contributed by atoms with E-state index in [0.717, 1.165) is 0 Å². The predicted octanol–water partition coefficient (Wildman–Crippen LogP) is 1.86. The van der Waals surface area contributed by atoms with Crippen molar-refractivity contribution >= 4 is 30.3 Å². The van der Waals surface area contributed by atoms with Crippen molar-refractivity contribution in [3.63, 3.8) is 0 Å². The molecule has 0 aliphatic carbocycles. The molecule has 101 valence electrons. The van der Waals surface area contributed by atoms with E-state index in [9.17, 15) is 0 Å². The van der Waals surface area contributed by atoms with Crippen LogP contribution in [0.1, 0.15) is 0 Å². The zero-order valence-electron chi connectivity index (χ0n) is 10.1. The molecule has 0 N–H and O–H groups in total. The standard InChI is InChI=1S/C9H21N3.3ClH.Fe/c1-10-4-6-11(2)8-9-12(3)7-5-10;;;;/h4-9H2,1-3H3;3*1H;/q;;;;+3/p-3. The first-order chi connectivity index (χ1) is 7.41. The summed E-state index contributed by atoms with van der Waals surface area (Å²) < 4.78 is 0. The summed E-state index contributed by atoms with van der Waals surface area (Å²) in [5.41, 5.74) is 0. The molecule has 0 radical (unpaired) electrons. The molecule has 1 rings (SSSR count). The summed E-state index contributed by atoms with van der Waals surface area (Å²) in [6.45, 7) is 7.19. The number of hydrogen-bond acceptors (Lipinski definition) is 3. The second-order valence-electron chi connectivity index (χ2n) is 4.06. The molecule has 0 saturated carbocycles. The van der Waals surface area contributed by atoms with Crippen molar-refractivity contribution < 1.29 is 11.2 Å². The Bertz CT molecular complexity index is 136. The van der Waals surface area contributed by atoms with E-state index < -0.39 is 11.2 Å². The molecule has 7 heteroatoms. The van der Waals surface area contributed by atoms with Gasteiger partial charge in [0.2, 0.25) is 0 Å². The van der Waals surface area contributed by atoms with E-state index >= 15 is 0 Å². The summed E-state index contributed by atoms with van der Waals surface area (Å²) in [5.74, 6) is 0. The van der Waals surface area contributed by atoms with Gasteiger partial charge in [0.05, 0.1) is 0 Å². The third-order valence-corrected chi connectivity index (χ3v) is 2.59. The van der Waals surface area contributed by atoms with Crippen LogP contribution in [0.3, 0.4) is 0 Å². The molecule has 0 aromatic carbocycles. The zero-order chi connectivity index (χ0) is 12.6. The zero-order valence-corrected chi connectivity index (χ0v) is 13.4. The van der Waals surface area contributed by atoms with Crippen LogP contribution in [0.4, 0.5) is 0 Å². The van der Waals surface area contributed by atoms with Crippen LogP contribution < -0.4 is 0 Å². The Morgan fingerprint density at radius 3 is 0.875 bits per heavy atom. The summed E-state index contributed by atoms with van der Waals surface area (Å²) in [5, 5.41) is 0. The number of halogens is 3. The molecule has 1 fully saturated rings. The van der Waals surface area contributed by atoms with Crippen LogP contribution in [0, 0.1) is 0 Å². The van der Waals surface area contributed by atoms with Crippen LogP contribution in [0.5, 0.6) is 0 Å². The molecule has 0 aromatic heterocycles. The monoisotopic (exact) mass is 332 g/mol. The van der Waals surface area contributed by atoms with Gasteiger partial charge in [-0.2, -0.15) is 0 Å². The van der Waals surface area contributed by atoms with E-state index in [4.69, 9.17) is 30.3 Å². The van der Waals surface area contributed by atoms with Gasteiger partial charge in [-0.15, -0.1) is 0 Å². The SMILES string of the molecule is CN1CCN(C)CCN(C)CC1.[Cl][Fe]([Cl])[Cl]. The minimum atomic E-state index is -1.33. The summed E-state index contributed by atoms with van der Waals surface area (Å²) in [4.78, 5) is 7.20. The molecule has 0 unspecified atom stereocenters. The van der Waals surface area contributed by atoms with Crippen LogP contribution in [0.25, 0.3) is 0 Å². The van der Waals surface area contributed by atoms with Crippen molar-refractivity contribution in [1.82, 2.24) is 14.7 Å². The Kier molecular flexibility index (Phi) is 11.0. The molecular formula is C9H21Cl3FeN3. The van der Waals surface area contributed by atoms with E-state index in [0.29, 0.717) is 0 Å². The molecule has 1 heterocycles. The van der Waals surface area contributed by atoms with Gasteiger partial charge in [0.15, 0.2) is 0 Å². The van der Waals surface area contributed by atoms with E-state index in [1.54, 1.807) is 0 Å². The van der Waals surface area contributed by atoms with Gasteiger partial charge in [0.25, 0.3) is 0 Å². The van der Waals surface area contributed by atoms with E-state index in [2.05, 4.69) is 35.8 Å². The van der Waals surface area contributed by atoms with Crippen molar-refractivity contribution in [1.29, 1.82) is 0 Å². The van der Waals surface area contributed by atoms with Gasteiger partial charge in [-0.3, -0.25) is 0 Å². The second-order valence-corrected chi connectivity index (χ2v) is 9.53. The third kappa shape index (κ3) is 11.7. The Morgan fingerprint density at radius 1 is 0.625 bits per heavy atom. The molecule has 16 heavy (non-hydrogen) atoms. The van der Waals surface area contributed by atoms with Crippen LogP contribution >= 0.6 is 30.3 Å². The average Bonchev–Trinajstić information content (AvgIpc) is 2.24. The van der Waals surface area contributed by atoms with E-state index in [1.165, 1.54) is 39.3 Å². The first-order valence-electron chi connectivity index (χ1n) is 5.14. The van der Waals surface area contributed by atoms with Crippen LogP contribution in [-0.2, 0) is 11.2 Å². The van der Waals surface area contributed by atoms with Gasteiger partial charge < -0.3 is 14.7 Å². The third-order valence-electron chi connectivity index (χ3n) is 2.59. The number of nitrogens with zero attached hydrogens (tertiary/aromatic N) is 3. The summed E-state index contributed by atoms with van der Waals surface area (Å²) >= 11 is -1.33. The number of likely N-dealkylation sites (N-methyl/N-ethyl adjacent to an activating group) is 3. The quantitative estimate of drug-likeness (QED) is 0.627. The first-order valence-corrected chi connectivity index (χ1v) is 9.70. The molecule has 0 atom stereocenters. The van der Waals surface area contributed by atoms with E-state index in [1.807, 2.05) is 0 Å². The normalized spacial score (nSPS) is 22.5. The predicted molar refractivity (Wildman–Crippen MR) is 70.1 cm³/mol. The van der Waals surface area contributed by atoms with Crippen molar-refractivity contribution in [2.45, 2.75) is 0 Å². The van der Waals surface area contributed by atoms with Crippen molar-refractivity contribution in [2.24, 2.45) is 0 Å². The Hall–Kier alpha value is 1.27. The summed E-state index contributed by atoms with van der Waals surface area (Å²) in [6.07, 6.45) is 0. The molecule has 3 nitrogen and oxygen atoms in total. The van der Waals surface area contributed by atoms with Gasteiger partial charge in [-0.05, 0) is 21.1 Å². The fourth-order valence-electron chi connectivity index (χ4n) is 1.36. The fraction of sp³-hybridized carbons (Fsp3) is 1.00. The molecule has 1 aliphatic heterocycles. The maximum absolute atomic E-state index is 4.89. The molecular weight excluding hydrogens is 312 g/mol. The molecule has 0 bridgehead atoms. The van der Waals surface area contributed by atoms with Gasteiger partial charge in [-0.25, -0.2) is 0 Å². The maximum atomic E-state index is 4.89.